The number of aromatic nitrogens is 1. The summed E-state index contributed by atoms with van der Waals surface area (Å²) in [6.45, 7) is 0. The second kappa shape index (κ2) is 4.31. The first kappa shape index (κ1) is 11.6. The lowest BCUT2D eigenvalue weighted by atomic mass is 10.2. The van der Waals surface area contributed by atoms with Crippen molar-refractivity contribution in [1.82, 2.24) is 4.40 Å². The Morgan fingerprint density at radius 3 is 2.68 bits per heavy atom. The van der Waals surface area contributed by atoms with Crippen molar-refractivity contribution >= 4 is 22.4 Å². The van der Waals surface area contributed by atoms with Crippen LogP contribution in [0, 0.1) is 0 Å². The molecule has 0 radical (unpaired) electrons. The molecule has 4 nitrogen and oxygen atoms in total. The van der Waals surface area contributed by atoms with Crippen molar-refractivity contribution in [2.45, 2.75) is 0 Å². The SMILES string of the molecule is COC(=O)c1cc2ccc3cc(OC)ccc3n2c1. The fourth-order valence-corrected chi connectivity index (χ4v) is 2.23. The van der Waals surface area contributed by atoms with Gasteiger partial charge in [0, 0.05) is 17.1 Å². The second-order valence-corrected chi connectivity index (χ2v) is 4.27. The molecule has 0 bridgehead atoms. The van der Waals surface area contributed by atoms with Gasteiger partial charge in [0.25, 0.3) is 0 Å². The van der Waals surface area contributed by atoms with Crippen LogP contribution in [-0.2, 0) is 4.74 Å². The number of nitrogens with zero attached hydrogens (tertiary/aromatic N) is 1. The first-order valence-corrected chi connectivity index (χ1v) is 5.90. The van der Waals surface area contributed by atoms with Crippen LogP contribution in [0.4, 0.5) is 0 Å². The average Bonchev–Trinajstić information content (AvgIpc) is 2.90. The molecule has 0 fully saturated rings. The maximum Gasteiger partial charge on any atom is 0.339 e. The van der Waals surface area contributed by atoms with Gasteiger partial charge in [0.05, 0.1) is 25.3 Å². The minimum absolute atomic E-state index is 0.328. The van der Waals surface area contributed by atoms with Crippen LogP contribution >= 0.6 is 0 Å². The molecule has 0 saturated heterocycles. The van der Waals surface area contributed by atoms with Gasteiger partial charge in [-0.1, -0.05) is 6.07 Å². The summed E-state index contributed by atoms with van der Waals surface area (Å²) in [7, 11) is 3.03. The molecule has 19 heavy (non-hydrogen) atoms. The van der Waals surface area contributed by atoms with Crippen LogP contribution in [0.25, 0.3) is 16.4 Å². The van der Waals surface area contributed by atoms with Gasteiger partial charge in [-0.3, -0.25) is 0 Å². The minimum Gasteiger partial charge on any atom is -0.497 e. The lowest BCUT2D eigenvalue weighted by molar-refractivity contribution is 0.0601. The van der Waals surface area contributed by atoms with E-state index in [2.05, 4.69) is 0 Å². The van der Waals surface area contributed by atoms with E-state index in [1.165, 1.54) is 7.11 Å². The topological polar surface area (TPSA) is 39.9 Å². The van der Waals surface area contributed by atoms with E-state index in [1.54, 1.807) is 13.3 Å². The Hall–Kier alpha value is -2.49. The van der Waals surface area contributed by atoms with Crippen LogP contribution in [0.2, 0.25) is 0 Å². The minimum atomic E-state index is -0.328. The lowest BCUT2D eigenvalue weighted by Crippen LogP contribution is -1.98. The van der Waals surface area contributed by atoms with Crippen LogP contribution in [0.1, 0.15) is 10.4 Å². The summed E-state index contributed by atoms with van der Waals surface area (Å²) in [5.74, 6) is 0.484. The molecular formula is C15H13NO3. The molecule has 0 atom stereocenters. The summed E-state index contributed by atoms with van der Waals surface area (Å²) in [6.07, 6.45) is 1.79. The molecule has 3 rings (SSSR count). The quantitative estimate of drug-likeness (QED) is 0.661. The number of fused-ring (bicyclic) bond motifs is 3. The van der Waals surface area contributed by atoms with Gasteiger partial charge >= 0.3 is 5.97 Å². The van der Waals surface area contributed by atoms with Crippen LogP contribution in [0.15, 0.2) is 42.6 Å². The number of ether oxygens (including phenoxy) is 2. The fraction of sp³-hybridized carbons (Fsp3) is 0.133. The van der Waals surface area contributed by atoms with Crippen molar-refractivity contribution in [2.75, 3.05) is 14.2 Å². The van der Waals surface area contributed by atoms with E-state index in [4.69, 9.17) is 9.47 Å². The van der Waals surface area contributed by atoms with E-state index in [0.717, 1.165) is 22.2 Å². The van der Waals surface area contributed by atoms with E-state index < -0.39 is 0 Å². The number of methoxy groups -OCH3 is 2. The number of carbonyl (C=O) groups is 1. The molecule has 1 aromatic carbocycles. The van der Waals surface area contributed by atoms with E-state index in [-0.39, 0.29) is 5.97 Å². The van der Waals surface area contributed by atoms with Crippen molar-refractivity contribution in [3.8, 4) is 5.75 Å². The Labute approximate surface area is 110 Å². The highest BCUT2D eigenvalue weighted by atomic mass is 16.5. The lowest BCUT2D eigenvalue weighted by Gasteiger charge is -2.05. The van der Waals surface area contributed by atoms with Crippen molar-refractivity contribution in [3.05, 3.63) is 48.2 Å². The number of rotatable bonds is 2. The average molecular weight is 255 g/mol. The Bertz CT molecular complexity index is 774. The number of benzene rings is 1. The molecule has 4 heteroatoms. The summed E-state index contributed by atoms with van der Waals surface area (Å²) < 4.78 is 11.9. The molecule has 0 N–H and O–H groups in total. The Kier molecular flexibility index (Phi) is 2.63. The van der Waals surface area contributed by atoms with Crippen molar-refractivity contribution in [1.29, 1.82) is 0 Å². The van der Waals surface area contributed by atoms with E-state index >= 15 is 0 Å². The van der Waals surface area contributed by atoms with Crippen LogP contribution in [-0.4, -0.2) is 24.6 Å². The van der Waals surface area contributed by atoms with Gasteiger partial charge in [0.15, 0.2) is 0 Å². The monoisotopic (exact) mass is 255 g/mol. The maximum absolute atomic E-state index is 11.6. The maximum atomic E-state index is 11.6. The van der Waals surface area contributed by atoms with Gasteiger partial charge < -0.3 is 13.9 Å². The van der Waals surface area contributed by atoms with Gasteiger partial charge in [-0.05, 0) is 30.3 Å². The van der Waals surface area contributed by atoms with E-state index in [1.807, 2.05) is 40.8 Å². The number of pyridine rings is 1. The summed E-state index contributed by atoms with van der Waals surface area (Å²) in [4.78, 5) is 11.6. The zero-order valence-electron chi connectivity index (χ0n) is 10.7. The number of hydrogen-bond donors (Lipinski definition) is 0. The smallest absolute Gasteiger partial charge is 0.339 e. The van der Waals surface area contributed by atoms with Crippen molar-refractivity contribution in [2.24, 2.45) is 0 Å². The fourth-order valence-electron chi connectivity index (χ4n) is 2.23. The number of hydrogen-bond acceptors (Lipinski definition) is 3. The molecule has 2 heterocycles. The predicted molar refractivity (Wildman–Crippen MR) is 72.8 cm³/mol. The largest absolute Gasteiger partial charge is 0.497 e. The van der Waals surface area contributed by atoms with E-state index in [9.17, 15) is 4.79 Å². The molecule has 0 spiro atoms. The number of carbonyl (C=O) groups excluding carboxylic acids is 1. The van der Waals surface area contributed by atoms with Gasteiger partial charge in [0.1, 0.15) is 5.75 Å². The first-order chi connectivity index (χ1) is 9.22. The highest BCUT2D eigenvalue weighted by Gasteiger charge is 2.10. The molecular weight excluding hydrogens is 242 g/mol. The van der Waals surface area contributed by atoms with Crippen LogP contribution < -0.4 is 4.74 Å². The Balaban J connectivity index is 2.27. The third-order valence-electron chi connectivity index (χ3n) is 3.20. The third kappa shape index (κ3) is 1.81. The zero-order chi connectivity index (χ0) is 13.4. The second-order valence-electron chi connectivity index (χ2n) is 4.27. The van der Waals surface area contributed by atoms with Gasteiger partial charge in [-0.15, -0.1) is 0 Å². The van der Waals surface area contributed by atoms with Crippen molar-refractivity contribution < 1.29 is 14.3 Å². The van der Waals surface area contributed by atoms with Gasteiger partial charge in [0.2, 0.25) is 0 Å². The van der Waals surface area contributed by atoms with Gasteiger partial charge in [-0.25, -0.2) is 4.79 Å². The summed E-state index contributed by atoms with van der Waals surface area (Å²) in [5, 5.41) is 1.05. The highest BCUT2D eigenvalue weighted by Crippen LogP contribution is 2.23. The standard InChI is InChI=1S/C15H13NO3/c1-18-13-5-6-14-10(8-13)3-4-12-7-11(9-16(12)14)15(17)19-2/h3-9H,1-2H3. The van der Waals surface area contributed by atoms with Crippen LogP contribution in [0.5, 0.6) is 5.75 Å². The number of esters is 1. The van der Waals surface area contributed by atoms with Crippen LogP contribution in [0.3, 0.4) is 0 Å². The molecule has 0 unspecified atom stereocenters. The van der Waals surface area contributed by atoms with E-state index in [0.29, 0.717) is 5.56 Å². The first-order valence-electron chi connectivity index (χ1n) is 5.90. The predicted octanol–water partition coefficient (Wildman–Crippen LogP) is 2.89. The summed E-state index contributed by atoms with van der Waals surface area (Å²) >= 11 is 0. The molecule has 3 aromatic rings. The molecule has 0 amide bonds. The molecule has 0 aliphatic carbocycles. The molecule has 0 aliphatic heterocycles. The zero-order valence-corrected chi connectivity index (χ0v) is 10.7. The molecule has 0 aliphatic rings. The molecule has 2 aromatic heterocycles. The van der Waals surface area contributed by atoms with Gasteiger partial charge in [-0.2, -0.15) is 0 Å². The normalized spacial score (nSPS) is 10.8. The Morgan fingerprint density at radius 1 is 1.11 bits per heavy atom. The Morgan fingerprint density at radius 2 is 1.95 bits per heavy atom. The summed E-state index contributed by atoms with van der Waals surface area (Å²) in [6, 6.07) is 11.6. The molecule has 96 valence electrons. The summed E-state index contributed by atoms with van der Waals surface area (Å²) in [5.41, 5.74) is 2.53. The molecule has 0 saturated carbocycles. The van der Waals surface area contributed by atoms with Crippen molar-refractivity contribution in [3.63, 3.8) is 0 Å². The highest BCUT2D eigenvalue weighted by molar-refractivity contribution is 5.93. The third-order valence-corrected chi connectivity index (χ3v) is 3.20.